The number of aromatic nitrogens is 1. The van der Waals surface area contributed by atoms with Crippen LogP contribution in [0, 0.1) is 0 Å². The maximum Gasteiger partial charge on any atom is 0.224 e. The van der Waals surface area contributed by atoms with Crippen LogP contribution in [0.3, 0.4) is 0 Å². The molecule has 3 rings (SSSR count). The molecule has 0 aliphatic heterocycles. The van der Waals surface area contributed by atoms with Crippen LogP contribution in [0.15, 0.2) is 59.5 Å². The molecule has 6 nitrogen and oxygen atoms in total. The van der Waals surface area contributed by atoms with E-state index in [-0.39, 0.29) is 5.91 Å². The van der Waals surface area contributed by atoms with Crippen molar-refractivity contribution in [3.63, 3.8) is 0 Å². The van der Waals surface area contributed by atoms with Crippen LogP contribution in [0.5, 0.6) is 11.5 Å². The Bertz CT molecular complexity index is 875. The second-order valence-electron chi connectivity index (χ2n) is 5.67. The topological polar surface area (TPSA) is 73.6 Å². The minimum Gasteiger partial charge on any atom is -0.497 e. The van der Waals surface area contributed by atoms with Crippen LogP contribution in [-0.2, 0) is 11.2 Å². The highest BCUT2D eigenvalue weighted by Crippen LogP contribution is 2.26. The monoisotopic (exact) mass is 352 g/mol. The molecule has 0 aliphatic carbocycles. The minimum atomic E-state index is -0.0791. The van der Waals surface area contributed by atoms with E-state index in [4.69, 9.17) is 13.9 Å². The number of hydrogen-bond acceptors (Lipinski definition) is 5. The lowest BCUT2D eigenvalue weighted by Gasteiger charge is -2.11. The first-order valence-corrected chi connectivity index (χ1v) is 8.19. The highest BCUT2D eigenvalue weighted by molar-refractivity contribution is 5.91. The molecule has 2 aromatic carbocycles. The molecule has 1 aromatic heterocycles. The van der Waals surface area contributed by atoms with Gasteiger partial charge in [0.2, 0.25) is 5.91 Å². The summed E-state index contributed by atoms with van der Waals surface area (Å²) in [5, 5.41) is 2.91. The van der Waals surface area contributed by atoms with Crippen LogP contribution in [-0.4, -0.2) is 25.1 Å². The first-order valence-electron chi connectivity index (χ1n) is 8.19. The number of hydrogen-bond donors (Lipinski definition) is 1. The van der Waals surface area contributed by atoms with Crippen molar-refractivity contribution in [2.45, 2.75) is 12.8 Å². The second kappa shape index (κ2) is 8.20. The van der Waals surface area contributed by atoms with Crippen molar-refractivity contribution < 1.29 is 18.7 Å². The largest absolute Gasteiger partial charge is 0.497 e. The van der Waals surface area contributed by atoms with Crippen LogP contribution in [0.1, 0.15) is 12.0 Å². The molecule has 0 saturated heterocycles. The fourth-order valence-corrected chi connectivity index (χ4v) is 2.66. The summed E-state index contributed by atoms with van der Waals surface area (Å²) in [4.78, 5) is 16.2. The van der Waals surface area contributed by atoms with Gasteiger partial charge in [-0.2, -0.15) is 0 Å². The number of nitrogens with zero attached hydrogens (tertiary/aromatic N) is 1. The van der Waals surface area contributed by atoms with Gasteiger partial charge in [0.05, 0.1) is 20.4 Å². The summed E-state index contributed by atoms with van der Waals surface area (Å²) in [5.74, 6) is 2.05. The van der Waals surface area contributed by atoms with Crippen molar-refractivity contribution >= 4 is 11.6 Å². The molecule has 0 bridgehead atoms. The van der Waals surface area contributed by atoms with E-state index >= 15 is 0 Å². The smallest absolute Gasteiger partial charge is 0.224 e. The molecule has 0 aliphatic rings. The molecule has 6 heteroatoms. The maximum absolute atomic E-state index is 12.3. The van der Waals surface area contributed by atoms with Gasteiger partial charge in [-0.25, -0.2) is 4.98 Å². The van der Waals surface area contributed by atoms with Crippen molar-refractivity contribution in [1.82, 2.24) is 4.98 Å². The Balaban J connectivity index is 1.64. The van der Waals surface area contributed by atoms with Crippen molar-refractivity contribution in [3.8, 4) is 22.8 Å². The Morgan fingerprint density at radius 3 is 2.77 bits per heavy atom. The number of oxazole rings is 1. The van der Waals surface area contributed by atoms with Crippen molar-refractivity contribution in [2.24, 2.45) is 0 Å². The fourth-order valence-electron chi connectivity index (χ4n) is 2.66. The third-order valence-corrected chi connectivity index (χ3v) is 3.97. The predicted octanol–water partition coefficient (Wildman–Crippen LogP) is 3.93. The van der Waals surface area contributed by atoms with Gasteiger partial charge in [-0.05, 0) is 42.3 Å². The summed E-state index contributed by atoms with van der Waals surface area (Å²) in [7, 11) is 3.22. The average molecular weight is 352 g/mol. The van der Waals surface area contributed by atoms with E-state index < -0.39 is 0 Å². The number of amides is 1. The first-order chi connectivity index (χ1) is 12.7. The minimum absolute atomic E-state index is 0.0791. The lowest BCUT2D eigenvalue weighted by atomic mass is 10.1. The maximum atomic E-state index is 12.3. The highest BCUT2D eigenvalue weighted by Gasteiger charge is 2.10. The number of ether oxygens (including phenoxy) is 2. The summed E-state index contributed by atoms with van der Waals surface area (Å²) in [5.41, 5.74) is 2.49. The molecule has 3 aromatic rings. The van der Waals surface area contributed by atoms with Gasteiger partial charge in [0, 0.05) is 17.7 Å². The zero-order valence-corrected chi connectivity index (χ0v) is 14.7. The van der Waals surface area contributed by atoms with Gasteiger partial charge in [0.25, 0.3) is 0 Å². The SMILES string of the molecule is COc1ccc(OC)c(CCC(=O)Nc2cccc(-c3cnco3)c2)c1. The van der Waals surface area contributed by atoms with E-state index in [1.807, 2.05) is 42.5 Å². The van der Waals surface area contributed by atoms with Gasteiger partial charge in [-0.15, -0.1) is 0 Å². The van der Waals surface area contributed by atoms with Crippen molar-refractivity contribution in [2.75, 3.05) is 19.5 Å². The highest BCUT2D eigenvalue weighted by atomic mass is 16.5. The van der Waals surface area contributed by atoms with Crippen LogP contribution in [0.4, 0.5) is 5.69 Å². The zero-order chi connectivity index (χ0) is 18.4. The molecule has 0 radical (unpaired) electrons. The number of benzene rings is 2. The van der Waals surface area contributed by atoms with E-state index in [2.05, 4.69) is 10.3 Å². The van der Waals surface area contributed by atoms with Gasteiger partial charge in [-0.1, -0.05) is 12.1 Å². The number of carbonyl (C=O) groups is 1. The van der Waals surface area contributed by atoms with E-state index in [1.165, 1.54) is 6.39 Å². The lowest BCUT2D eigenvalue weighted by Crippen LogP contribution is -2.12. The number of anilines is 1. The number of nitrogens with one attached hydrogen (secondary N) is 1. The summed E-state index contributed by atoms with van der Waals surface area (Å²) in [6.07, 6.45) is 3.89. The molecule has 0 spiro atoms. The number of rotatable bonds is 7. The summed E-state index contributed by atoms with van der Waals surface area (Å²) in [6, 6.07) is 13.0. The Hall–Kier alpha value is -3.28. The Labute approximate surface area is 151 Å². The molecular weight excluding hydrogens is 332 g/mol. The van der Waals surface area contributed by atoms with Gasteiger partial charge >= 0.3 is 0 Å². The Morgan fingerprint density at radius 1 is 1.15 bits per heavy atom. The number of carbonyl (C=O) groups excluding carboxylic acids is 1. The number of methoxy groups -OCH3 is 2. The van der Waals surface area contributed by atoms with Crippen LogP contribution in [0.25, 0.3) is 11.3 Å². The summed E-state index contributed by atoms with van der Waals surface area (Å²) in [6.45, 7) is 0. The average Bonchev–Trinajstić information content (AvgIpc) is 3.21. The Kier molecular flexibility index (Phi) is 5.53. The van der Waals surface area contributed by atoms with Gasteiger partial charge < -0.3 is 19.2 Å². The first kappa shape index (κ1) is 17.5. The molecule has 0 atom stereocenters. The molecule has 26 heavy (non-hydrogen) atoms. The van der Waals surface area contributed by atoms with Crippen molar-refractivity contribution in [3.05, 3.63) is 60.6 Å². The quantitative estimate of drug-likeness (QED) is 0.697. The fraction of sp³-hybridized carbons (Fsp3) is 0.200. The molecular formula is C20H20N2O4. The van der Waals surface area contributed by atoms with Gasteiger partial charge in [0.1, 0.15) is 11.5 Å². The van der Waals surface area contributed by atoms with Crippen LogP contribution in [0.2, 0.25) is 0 Å². The second-order valence-corrected chi connectivity index (χ2v) is 5.67. The number of aryl methyl sites for hydroxylation is 1. The third kappa shape index (κ3) is 4.22. The third-order valence-electron chi connectivity index (χ3n) is 3.97. The zero-order valence-electron chi connectivity index (χ0n) is 14.7. The lowest BCUT2D eigenvalue weighted by molar-refractivity contribution is -0.116. The molecule has 0 fully saturated rings. The summed E-state index contributed by atoms with van der Waals surface area (Å²) < 4.78 is 15.9. The van der Waals surface area contributed by atoms with Gasteiger partial charge in [0.15, 0.2) is 12.2 Å². The molecule has 134 valence electrons. The van der Waals surface area contributed by atoms with E-state index in [0.29, 0.717) is 24.3 Å². The molecule has 1 heterocycles. The standard InChI is InChI=1S/C20H20N2O4/c1-24-17-7-8-18(25-2)15(11-17)6-9-20(23)22-16-5-3-4-14(10-16)19-12-21-13-26-19/h3-5,7-8,10-13H,6,9H2,1-2H3,(H,22,23). The molecule has 0 unspecified atom stereocenters. The van der Waals surface area contributed by atoms with E-state index in [9.17, 15) is 4.79 Å². The molecule has 0 saturated carbocycles. The predicted molar refractivity (Wildman–Crippen MR) is 98.4 cm³/mol. The molecule has 1 N–H and O–H groups in total. The van der Waals surface area contributed by atoms with E-state index in [1.54, 1.807) is 20.4 Å². The Morgan fingerprint density at radius 2 is 2.04 bits per heavy atom. The summed E-state index contributed by atoms with van der Waals surface area (Å²) >= 11 is 0. The van der Waals surface area contributed by atoms with Crippen molar-refractivity contribution in [1.29, 1.82) is 0 Å². The normalized spacial score (nSPS) is 10.4. The van der Waals surface area contributed by atoms with Crippen LogP contribution >= 0.6 is 0 Å². The van der Waals surface area contributed by atoms with E-state index in [0.717, 1.165) is 22.6 Å². The van der Waals surface area contributed by atoms with Crippen LogP contribution < -0.4 is 14.8 Å². The van der Waals surface area contributed by atoms with Gasteiger partial charge in [-0.3, -0.25) is 4.79 Å². The molecule has 1 amide bonds.